The molecule has 128 valence electrons. The van der Waals surface area contributed by atoms with Crippen molar-refractivity contribution in [2.75, 3.05) is 39.3 Å². The Kier molecular flexibility index (Phi) is 6.95. The van der Waals surface area contributed by atoms with Gasteiger partial charge >= 0.3 is 0 Å². The van der Waals surface area contributed by atoms with Crippen LogP contribution in [-0.4, -0.2) is 66.2 Å². The minimum Gasteiger partial charge on any atom is -0.389 e. The van der Waals surface area contributed by atoms with Crippen molar-refractivity contribution < 1.29 is 19.0 Å². The molecule has 1 saturated heterocycles. The number of carbonyl (C=O) groups excluding carboxylic acids is 1. The number of aliphatic hydroxyl groups is 1. The molecule has 0 aromatic heterocycles. The van der Waals surface area contributed by atoms with E-state index in [1.807, 2.05) is 4.90 Å². The van der Waals surface area contributed by atoms with Gasteiger partial charge in [-0.25, -0.2) is 4.39 Å². The molecule has 1 aromatic rings. The van der Waals surface area contributed by atoms with Crippen LogP contribution in [-0.2, 0) is 16.1 Å². The number of nitrogens with zero attached hydrogens (tertiary/aromatic N) is 2. The third kappa shape index (κ3) is 5.89. The fourth-order valence-electron chi connectivity index (χ4n) is 2.74. The smallest absolute Gasteiger partial charge is 0.219 e. The quantitative estimate of drug-likeness (QED) is 0.856. The number of ether oxygens (including phenoxy) is 1. The lowest BCUT2D eigenvalue weighted by Gasteiger charge is -2.23. The van der Waals surface area contributed by atoms with Crippen LogP contribution in [0.2, 0.25) is 0 Å². The van der Waals surface area contributed by atoms with Gasteiger partial charge in [0.1, 0.15) is 5.82 Å². The minimum absolute atomic E-state index is 0.0978. The second kappa shape index (κ2) is 8.96. The molecule has 0 bridgehead atoms. The van der Waals surface area contributed by atoms with Crippen molar-refractivity contribution in [3.63, 3.8) is 0 Å². The molecule has 0 radical (unpaired) electrons. The highest BCUT2D eigenvalue weighted by atomic mass is 19.1. The Morgan fingerprint density at radius 3 is 2.83 bits per heavy atom. The summed E-state index contributed by atoms with van der Waals surface area (Å²) in [6.07, 6.45) is 0.285. The molecular formula is C17H25FN2O3. The predicted molar refractivity (Wildman–Crippen MR) is 85.4 cm³/mol. The lowest BCUT2D eigenvalue weighted by molar-refractivity contribution is -0.128. The Hall–Kier alpha value is -1.50. The molecule has 23 heavy (non-hydrogen) atoms. The van der Waals surface area contributed by atoms with Crippen LogP contribution in [0.15, 0.2) is 24.3 Å². The van der Waals surface area contributed by atoms with E-state index in [9.17, 15) is 14.3 Å². The summed E-state index contributed by atoms with van der Waals surface area (Å²) >= 11 is 0. The Bertz CT molecular complexity index is 512. The van der Waals surface area contributed by atoms with E-state index in [0.29, 0.717) is 18.7 Å². The Labute approximate surface area is 136 Å². The number of amides is 1. The van der Waals surface area contributed by atoms with Crippen LogP contribution in [0.1, 0.15) is 18.9 Å². The summed E-state index contributed by atoms with van der Waals surface area (Å²) in [4.78, 5) is 15.4. The molecule has 1 amide bonds. The van der Waals surface area contributed by atoms with Gasteiger partial charge in [-0.15, -0.1) is 0 Å². The van der Waals surface area contributed by atoms with E-state index in [-0.39, 0.29) is 24.9 Å². The molecule has 1 heterocycles. The first-order valence-electron chi connectivity index (χ1n) is 8.03. The normalized spacial score (nSPS) is 17.8. The maximum Gasteiger partial charge on any atom is 0.219 e. The molecule has 0 saturated carbocycles. The molecule has 1 aliphatic rings. The highest BCUT2D eigenvalue weighted by Crippen LogP contribution is 2.08. The first-order valence-corrected chi connectivity index (χ1v) is 8.03. The molecule has 5 nitrogen and oxygen atoms in total. The number of halogens is 1. The molecule has 1 fully saturated rings. The van der Waals surface area contributed by atoms with Gasteiger partial charge in [0.25, 0.3) is 0 Å². The molecule has 0 aliphatic carbocycles. The Morgan fingerprint density at radius 1 is 1.30 bits per heavy atom. The van der Waals surface area contributed by atoms with Crippen molar-refractivity contribution in [1.29, 1.82) is 0 Å². The minimum atomic E-state index is -0.620. The Morgan fingerprint density at radius 2 is 2.09 bits per heavy atom. The van der Waals surface area contributed by atoms with E-state index in [1.165, 1.54) is 6.07 Å². The van der Waals surface area contributed by atoms with Gasteiger partial charge in [0, 0.05) is 38.7 Å². The average Bonchev–Trinajstić information content (AvgIpc) is 2.75. The first-order chi connectivity index (χ1) is 11.1. The topological polar surface area (TPSA) is 53.0 Å². The fourth-order valence-corrected chi connectivity index (χ4v) is 2.74. The van der Waals surface area contributed by atoms with Crippen molar-refractivity contribution in [1.82, 2.24) is 9.80 Å². The van der Waals surface area contributed by atoms with Gasteiger partial charge in [-0.3, -0.25) is 9.69 Å². The summed E-state index contributed by atoms with van der Waals surface area (Å²) in [5.41, 5.74) is 0.492. The number of hydrogen-bond acceptors (Lipinski definition) is 4. The second-order valence-corrected chi connectivity index (χ2v) is 5.92. The maximum absolute atomic E-state index is 13.5. The lowest BCUT2D eigenvalue weighted by atomic mass is 10.2. The third-order valence-corrected chi connectivity index (χ3v) is 4.03. The van der Waals surface area contributed by atoms with Gasteiger partial charge in [-0.05, 0) is 19.0 Å². The number of β-amino-alcohol motifs (C(OH)–C–C–N with tert-alkyl or cyclic N) is 1. The number of hydrogen-bond donors (Lipinski definition) is 1. The summed E-state index contributed by atoms with van der Waals surface area (Å²) in [5.74, 6) is -0.195. The monoisotopic (exact) mass is 324 g/mol. The van der Waals surface area contributed by atoms with Crippen LogP contribution in [0.25, 0.3) is 0 Å². The number of rotatable bonds is 6. The van der Waals surface area contributed by atoms with Crippen molar-refractivity contribution in [2.24, 2.45) is 0 Å². The zero-order valence-electron chi connectivity index (χ0n) is 13.6. The second-order valence-electron chi connectivity index (χ2n) is 5.92. The van der Waals surface area contributed by atoms with Gasteiger partial charge in [0.2, 0.25) is 5.91 Å². The number of aliphatic hydroxyl groups excluding tert-OH is 1. The maximum atomic E-state index is 13.5. The third-order valence-electron chi connectivity index (χ3n) is 4.03. The summed E-state index contributed by atoms with van der Waals surface area (Å²) in [6, 6.07) is 6.47. The fraction of sp³-hybridized carbons (Fsp3) is 0.588. The molecule has 1 atom stereocenters. The molecule has 1 N–H and O–H groups in total. The lowest BCUT2D eigenvalue weighted by Crippen LogP contribution is -2.38. The van der Waals surface area contributed by atoms with Gasteiger partial charge < -0.3 is 14.7 Å². The molecule has 0 spiro atoms. The average molecular weight is 324 g/mol. The zero-order chi connectivity index (χ0) is 16.7. The summed E-state index contributed by atoms with van der Waals surface area (Å²) in [6.45, 7) is 5.48. The van der Waals surface area contributed by atoms with Crippen LogP contribution in [0, 0.1) is 5.82 Å². The standard InChI is InChI=1S/C17H25FN2O3/c1-14(21)20-8-4-7-19(9-10-20)11-16(22)13-23-12-15-5-2-3-6-17(15)18/h2-3,5-6,16,22H,4,7-13H2,1H3. The van der Waals surface area contributed by atoms with E-state index in [1.54, 1.807) is 25.1 Å². The van der Waals surface area contributed by atoms with Crippen molar-refractivity contribution in [2.45, 2.75) is 26.1 Å². The summed E-state index contributed by atoms with van der Waals surface area (Å²) < 4.78 is 18.9. The van der Waals surface area contributed by atoms with E-state index in [2.05, 4.69) is 4.90 Å². The van der Waals surface area contributed by atoms with Crippen LogP contribution in [0.4, 0.5) is 4.39 Å². The molecule has 1 unspecified atom stereocenters. The molecule has 1 aliphatic heterocycles. The molecule has 6 heteroatoms. The highest BCUT2D eigenvalue weighted by molar-refractivity contribution is 5.73. The van der Waals surface area contributed by atoms with Crippen LogP contribution in [0.3, 0.4) is 0 Å². The van der Waals surface area contributed by atoms with E-state index in [4.69, 9.17) is 4.74 Å². The molecule has 2 rings (SSSR count). The van der Waals surface area contributed by atoms with Crippen molar-refractivity contribution in [3.8, 4) is 0 Å². The van der Waals surface area contributed by atoms with Crippen LogP contribution in [0.5, 0.6) is 0 Å². The van der Waals surface area contributed by atoms with Crippen LogP contribution < -0.4 is 0 Å². The van der Waals surface area contributed by atoms with Crippen LogP contribution >= 0.6 is 0 Å². The largest absolute Gasteiger partial charge is 0.389 e. The number of benzene rings is 1. The Balaban J connectivity index is 1.69. The van der Waals surface area contributed by atoms with Crippen molar-refractivity contribution in [3.05, 3.63) is 35.6 Å². The van der Waals surface area contributed by atoms with E-state index < -0.39 is 6.10 Å². The molecule has 1 aromatic carbocycles. The summed E-state index contributed by atoms with van der Waals surface area (Å²) in [5, 5.41) is 10.1. The van der Waals surface area contributed by atoms with Crippen molar-refractivity contribution >= 4 is 5.91 Å². The van der Waals surface area contributed by atoms with Gasteiger partial charge in [-0.1, -0.05) is 18.2 Å². The van der Waals surface area contributed by atoms with Gasteiger partial charge in [-0.2, -0.15) is 0 Å². The first kappa shape index (κ1) is 17.8. The number of carbonyl (C=O) groups is 1. The summed E-state index contributed by atoms with van der Waals surface area (Å²) in [7, 11) is 0. The SMILES string of the molecule is CC(=O)N1CCCN(CC(O)COCc2ccccc2F)CC1. The van der Waals surface area contributed by atoms with E-state index in [0.717, 1.165) is 26.1 Å². The van der Waals surface area contributed by atoms with Gasteiger partial charge in [0.05, 0.1) is 19.3 Å². The highest BCUT2D eigenvalue weighted by Gasteiger charge is 2.18. The zero-order valence-corrected chi connectivity index (χ0v) is 13.6. The predicted octanol–water partition coefficient (Wildman–Crippen LogP) is 1.26. The van der Waals surface area contributed by atoms with Gasteiger partial charge in [0.15, 0.2) is 0 Å². The van der Waals surface area contributed by atoms with E-state index >= 15 is 0 Å². The molecular weight excluding hydrogens is 299 g/mol.